The molecule has 7 aromatic rings. The first-order chi connectivity index (χ1) is 26.2. The second-order valence-corrected chi connectivity index (χ2v) is 13.6. The number of anilines is 3. The first kappa shape index (κ1) is 32.4. The molecular formula is C48H41N5. The fourth-order valence-electron chi connectivity index (χ4n) is 7.46. The second-order valence-electron chi connectivity index (χ2n) is 13.6. The van der Waals surface area contributed by atoms with Crippen LogP contribution >= 0.6 is 0 Å². The van der Waals surface area contributed by atoms with E-state index in [-0.39, 0.29) is 18.4 Å². The van der Waals surface area contributed by atoms with Crippen LogP contribution in [0.1, 0.15) is 46.2 Å². The van der Waals surface area contributed by atoms with Crippen molar-refractivity contribution in [1.29, 1.82) is 0 Å². The van der Waals surface area contributed by atoms with Crippen molar-refractivity contribution in [3.05, 3.63) is 210 Å². The third-order valence-electron chi connectivity index (χ3n) is 10.2. The summed E-state index contributed by atoms with van der Waals surface area (Å²) in [6, 6.07) is 60.4. The molecule has 5 N–H and O–H groups in total. The van der Waals surface area contributed by atoms with Gasteiger partial charge in [0.1, 0.15) is 12.3 Å². The second kappa shape index (κ2) is 14.6. The molecule has 2 aliphatic rings. The van der Waals surface area contributed by atoms with Gasteiger partial charge < -0.3 is 21.3 Å². The van der Waals surface area contributed by atoms with Crippen molar-refractivity contribution in [3.63, 3.8) is 0 Å². The topological polar surface area (TPSA) is 60.1 Å². The Morgan fingerprint density at radius 1 is 0.566 bits per heavy atom. The summed E-state index contributed by atoms with van der Waals surface area (Å²) in [6.07, 6.45) is 6.51. The maximum atomic E-state index is 3.88. The van der Waals surface area contributed by atoms with E-state index in [9.17, 15) is 0 Å². The lowest BCUT2D eigenvalue weighted by atomic mass is 9.96. The van der Waals surface area contributed by atoms with E-state index in [0.717, 1.165) is 34.7 Å². The van der Waals surface area contributed by atoms with E-state index < -0.39 is 0 Å². The Labute approximate surface area is 311 Å². The molecule has 0 aromatic heterocycles. The molecule has 5 nitrogen and oxygen atoms in total. The number of fused-ring (bicyclic) bond motifs is 3. The molecule has 258 valence electrons. The van der Waals surface area contributed by atoms with Gasteiger partial charge in [0.05, 0.1) is 6.04 Å². The lowest BCUT2D eigenvalue weighted by Gasteiger charge is -2.33. The van der Waals surface area contributed by atoms with E-state index in [0.29, 0.717) is 0 Å². The van der Waals surface area contributed by atoms with Gasteiger partial charge in [0, 0.05) is 45.6 Å². The molecule has 0 aliphatic carbocycles. The molecule has 0 saturated carbocycles. The highest BCUT2D eigenvalue weighted by molar-refractivity contribution is 6.05. The fourth-order valence-corrected chi connectivity index (χ4v) is 7.46. The molecule has 7 aromatic carbocycles. The van der Waals surface area contributed by atoms with Crippen LogP contribution in [0.5, 0.6) is 0 Å². The SMILES string of the molecule is C1=Cc2cc(NC(Nc3ccccc3)c3ccc(-c4ccc(C5=CC(c6ccccc6)NC(c6ccccc6)N5)cc4)cc3)c3ccccc3c2NC1. The maximum Gasteiger partial charge on any atom is 0.123 e. The normalized spacial score (nSPS) is 16.8. The van der Waals surface area contributed by atoms with Crippen LogP contribution in [0.2, 0.25) is 0 Å². The summed E-state index contributed by atoms with van der Waals surface area (Å²) in [5, 5.41) is 21.2. The van der Waals surface area contributed by atoms with Crippen molar-refractivity contribution >= 4 is 39.6 Å². The lowest BCUT2D eigenvalue weighted by molar-refractivity contribution is 0.442. The molecule has 2 heterocycles. The Kier molecular flexibility index (Phi) is 8.90. The Bertz CT molecular complexity index is 2390. The lowest BCUT2D eigenvalue weighted by Crippen LogP contribution is -2.39. The average Bonchev–Trinajstić information content (AvgIpc) is 3.24. The van der Waals surface area contributed by atoms with Crippen molar-refractivity contribution in [2.75, 3.05) is 22.5 Å². The summed E-state index contributed by atoms with van der Waals surface area (Å²) < 4.78 is 0. The van der Waals surface area contributed by atoms with Crippen molar-refractivity contribution in [1.82, 2.24) is 10.6 Å². The van der Waals surface area contributed by atoms with Crippen LogP contribution in [-0.4, -0.2) is 6.54 Å². The molecular weight excluding hydrogens is 647 g/mol. The summed E-state index contributed by atoms with van der Waals surface area (Å²) in [4.78, 5) is 0. The van der Waals surface area contributed by atoms with Gasteiger partial charge in [-0.15, -0.1) is 0 Å². The van der Waals surface area contributed by atoms with E-state index in [2.05, 4.69) is 209 Å². The largest absolute Gasteiger partial charge is 0.381 e. The predicted molar refractivity (Wildman–Crippen MR) is 222 cm³/mol. The van der Waals surface area contributed by atoms with Crippen LogP contribution < -0.4 is 26.6 Å². The zero-order chi connectivity index (χ0) is 35.4. The van der Waals surface area contributed by atoms with E-state index in [1.165, 1.54) is 44.3 Å². The number of benzene rings is 7. The molecule has 0 fully saturated rings. The standard InChI is InChI=1S/C48H41N5/c1-4-13-35(14-5-1)43-32-44(52-48(51-43)37-15-6-2-7-16-37)36-26-22-33(23-27-36)34-24-28-38(29-25-34)47(50-40-18-8-3-9-19-40)53-45-31-39-17-12-30-49-46(39)42-21-11-10-20-41(42)45/h1-29,31-32,43,47-53H,30H2. The zero-order valence-corrected chi connectivity index (χ0v) is 29.3. The first-order valence-electron chi connectivity index (χ1n) is 18.3. The monoisotopic (exact) mass is 687 g/mol. The van der Waals surface area contributed by atoms with Gasteiger partial charge in [-0.2, -0.15) is 0 Å². The Morgan fingerprint density at radius 3 is 1.89 bits per heavy atom. The van der Waals surface area contributed by atoms with Gasteiger partial charge in [0.2, 0.25) is 0 Å². The average molecular weight is 688 g/mol. The van der Waals surface area contributed by atoms with Gasteiger partial charge in [-0.3, -0.25) is 5.32 Å². The summed E-state index contributed by atoms with van der Waals surface area (Å²) in [7, 11) is 0. The highest BCUT2D eigenvalue weighted by Crippen LogP contribution is 2.38. The van der Waals surface area contributed by atoms with E-state index in [4.69, 9.17) is 0 Å². The van der Waals surface area contributed by atoms with E-state index in [1.54, 1.807) is 0 Å². The van der Waals surface area contributed by atoms with Gasteiger partial charge in [0.15, 0.2) is 0 Å². The number of hydrogen-bond donors (Lipinski definition) is 5. The van der Waals surface area contributed by atoms with Crippen molar-refractivity contribution in [2.45, 2.75) is 18.4 Å². The minimum Gasteiger partial charge on any atom is -0.381 e. The predicted octanol–water partition coefficient (Wildman–Crippen LogP) is 11.1. The van der Waals surface area contributed by atoms with E-state index in [1.807, 2.05) is 6.07 Å². The minimum absolute atomic E-state index is 0.00731. The van der Waals surface area contributed by atoms with Crippen LogP contribution in [0.4, 0.5) is 17.1 Å². The molecule has 5 heteroatoms. The van der Waals surface area contributed by atoms with Crippen LogP contribution in [0.15, 0.2) is 182 Å². The first-order valence-corrected chi connectivity index (χ1v) is 18.3. The minimum atomic E-state index is -0.163. The zero-order valence-electron chi connectivity index (χ0n) is 29.3. The van der Waals surface area contributed by atoms with Gasteiger partial charge in [0.25, 0.3) is 0 Å². The van der Waals surface area contributed by atoms with Crippen LogP contribution in [0.25, 0.3) is 33.7 Å². The quantitative estimate of drug-likeness (QED) is 0.0978. The molecule has 9 rings (SSSR count). The maximum absolute atomic E-state index is 3.88. The third kappa shape index (κ3) is 6.90. The highest BCUT2D eigenvalue weighted by Gasteiger charge is 2.24. The Morgan fingerprint density at radius 2 is 1.17 bits per heavy atom. The van der Waals surface area contributed by atoms with Crippen LogP contribution in [-0.2, 0) is 0 Å². The molecule has 0 amide bonds. The molecule has 2 aliphatic heterocycles. The molecule has 0 radical (unpaired) electrons. The van der Waals surface area contributed by atoms with E-state index >= 15 is 0 Å². The summed E-state index contributed by atoms with van der Waals surface area (Å²) in [5.41, 5.74) is 12.7. The molecule has 0 saturated heterocycles. The number of nitrogens with one attached hydrogen (secondary N) is 5. The van der Waals surface area contributed by atoms with Crippen molar-refractivity contribution in [2.24, 2.45) is 0 Å². The smallest absolute Gasteiger partial charge is 0.123 e. The van der Waals surface area contributed by atoms with Gasteiger partial charge in [-0.25, -0.2) is 0 Å². The van der Waals surface area contributed by atoms with Gasteiger partial charge in [-0.1, -0.05) is 164 Å². The van der Waals surface area contributed by atoms with Crippen molar-refractivity contribution in [3.8, 4) is 11.1 Å². The fraction of sp³-hybridized carbons (Fsp3) is 0.0833. The number of rotatable bonds is 9. The number of hydrogen-bond acceptors (Lipinski definition) is 5. The molecule has 3 atom stereocenters. The molecule has 0 spiro atoms. The summed E-state index contributed by atoms with van der Waals surface area (Å²) in [6.45, 7) is 0.840. The Balaban J connectivity index is 0.997. The Hall–Kier alpha value is -6.56. The van der Waals surface area contributed by atoms with Crippen LogP contribution in [0.3, 0.4) is 0 Å². The van der Waals surface area contributed by atoms with Crippen LogP contribution in [0, 0.1) is 0 Å². The highest BCUT2D eigenvalue weighted by atomic mass is 15.2. The molecule has 3 unspecified atom stereocenters. The van der Waals surface area contributed by atoms with Gasteiger partial charge >= 0.3 is 0 Å². The summed E-state index contributed by atoms with van der Waals surface area (Å²) in [5.74, 6) is 0. The third-order valence-corrected chi connectivity index (χ3v) is 10.2. The summed E-state index contributed by atoms with van der Waals surface area (Å²) >= 11 is 0. The molecule has 0 bridgehead atoms. The molecule has 53 heavy (non-hydrogen) atoms. The van der Waals surface area contributed by atoms with Gasteiger partial charge in [-0.05, 0) is 57.7 Å². The number of para-hydroxylation sites is 1. The van der Waals surface area contributed by atoms with Crippen molar-refractivity contribution < 1.29 is 0 Å².